The van der Waals surface area contributed by atoms with E-state index in [1.54, 1.807) is 18.9 Å². The number of hydrogen-bond acceptors (Lipinski definition) is 5. The van der Waals surface area contributed by atoms with Crippen molar-refractivity contribution in [2.75, 3.05) is 52.3 Å². The number of amides is 1. The van der Waals surface area contributed by atoms with E-state index >= 15 is 0 Å². The zero-order valence-corrected chi connectivity index (χ0v) is 13.7. The second-order valence-electron chi connectivity index (χ2n) is 5.48. The van der Waals surface area contributed by atoms with Crippen LogP contribution in [0.4, 0.5) is 0 Å². The van der Waals surface area contributed by atoms with Gasteiger partial charge in [0.1, 0.15) is 11.1 Å². The van der Waals surface area contributed by atoms with Crippen LogP contribution < -0.4 is 4.74 Å². The molecule has 0 unspecified atom stereocenters. The normalized spacial score (nSPS) is 23.0. The first-order chi connectivity index (χ1) is 10.8. The van der Waals surface area contributed by atoms with Crippen molar-refractivity contribution in [1.82, 2.24) is 9.80 Å². The predicted molar refractivity (Wildman–Crippen MR) is 87.2 cm³/mol. The maximum absolute atomic E-state index is 12.2. The highest BCUT2D eigenvalue weighted by atomic mass is 32.2. The third-order valence-corrected chi connectivity index (χ3v) is 5.39. The van der Waals surface area contributed by atoms with Crippen molar-refractivity contribution >= 4 is 17.7 Å². The number of morpholine rings is 1. The molecular formula is C16H22N2O3S. The van der Waals surface area contributed by atoms with Crippen LogP contribution in [-0.2, 0) is 9.53 Å². The number of ether oxygens (including phenoxy) is 2. The summed E-state index contributed by atoms with van der Waals surface area (Å²) < 4.78 is 10.6. The topological polar surface area (TPSA) is 42.0 Å². The molecule has 2 aliphatic rings. The van der Waals surface area contributed by atoms with Gasteiger partial charge in [0.25, 0.3) is 0 Å². The first-order valence-electron chi connectivity index (χ1n) is 7.63. The maximum Gasteiger partial charge on any atom is 0.233 e. The van der Waals surface area contributed by atoms with Gasteiger partial charge in [-0.15, -0.1) is 11.8 Å². The van der Waals surface area contributed by atoms with Crippen LogP contribution in [0.15, 0.2) is 24.3 Å². The largest absolute Gasteiger partial charge is 0.497 e. The molecule has 1 aromatic carbocycles. The molecule has 2 saturated heterocycles. The van der Waals surface area contributed by atoms with Crippen LogP contribution in [0.5, 0.6) is 5.75 Å². The second kappa shape index (κ2) is 7.35. The summed E-state index contributed by atoms with van der Waals surface area (Å²) >= 11 is 1.70. The summed E-state index contributed by atoms with van der Waals surface area (Å²) in [5, 5.41) is 0.124. The monoisotopic (exact) mass is 322 g/mol. The van der Waals surface area contributed by atoms with Crippen LogP contribution in [-0.4, -0.2) is 68.0 Å². The Hall–Kier alpha value is -1.24. The van der Waals surface area contributed by atoms with Gasteiger partial charge in [-0.1, -0.05) is 12.1 Å². The molecule has 0 aliphatic carbocycles. The molecule has 0 radical (unpaired) electrons. The summed E-state index contributed by atoms with van der Waals surface area (Å²) in [5.74, 6) is 1.65. The van der Waals surface area contributed by atoms with Gasteiger partial charge in [0.15, 0.2) is 0 Å². The molecule has 0 aromatic heterocycles. The molecular weight excluding hydrogens is 300 g/mol. The zero-order valence-electron chi connectivity index (χ0n) is 12.9. The maximum atomic E-state index is 12.2. The second-order valence-corrected chi connectivity index (χ2v) is 6.55. The van der Waals surface area contributed by atoms with Crippen LogP contribution >= 0.6 is 11.8 Å². The van der Waals surface area contributed by atoms with Gasteiger partial charge in [0.05, 0.1) is 26.1 Å². The minimum absolute atomic E-state index is 0.124. The van der Waals surface area contributed by atoms with Gasteiger partial charge in [0.2, 0.25) is 5.91 Å². The van der Waals surface area contributed by atoms with E-state index in [0.717, 1.165) is 45.1 Å². The molecule has 120 valence electrons. The number of thioether (sulfide) groups is 1. The van der Waals surface area contributed by atoms with Crippen molar-refractivity contribution in [3.63, 3.8) is 0 Å². The van der Waals surface area contributed by atoms with Crippen LogP contribution in [0.25, 0.3) is 0 Å². The Bertz CT molecular complexity index is 503. The van der Waals surface area contributed by atoms with E-state index in [2.05, 4.69) is 17.0 Å². The molecule has 1 atom stereocenters. The van der Waals surface area contributed by atoms with Gasteiger partial charge >= 0.3 is 0 Å². The Labute approximate surface area is 135 Å². The summed E-state index contributed by atoms with van der Waals surface area (Å²) in [7, 11) is 1.66. The number of carbonyl (C=O) groups excluding carboxylic acids is 1. The number of nitrogens with zero attached hydrogens (tertiary/aromatic N) is 2. The number of benzene rings is 1. The van der Waals surface area contributed by atoms with Crippen molar-refractivity contribution in [2.24, 2.45) is 0 Å². The van der Waals surface area contributed by atoms with Gasteiger partial charge in [-0.2, -0.15) is 0 Å². The number of hydrogen-bond donors (Lipinski definition) is 0. The van der Waals surface area contributed by atoms with E-state index in [1.807, 2.05) is 17.0 Å². The SMILES string of the molecule is COc1ccc([C@@H]2SCC(=O)N2CCN2CCOCC2)cc1. The highest BCUT2D eigenvalue weighted by Crippen LogP contribution is 2.38. The quantitative estimate of drug-likeness (QED) is 0.824. The number of methoxy groups -OCH3 is 1. The zero-order chi connectivity index (χ0) is 15.4. The molecule has 0 spiro atoms. The van der Waals surface area contributed by atoms with Gasteiger partial charge < -0.3 is 14.4 Å². The van der Waals surface area contributed by atoms with Crippen molar-refractivity contribution in [2.45, 2.75) is 5.37 Å². The number of carbonyl (C=O) groups is 1. The molecule has 3 rings (SSSR count). The number of rotatable bonds is 5. The lowest BCUT2D eigenvalue weighted by Crippen LogP contribution is -2.42. The molecule has 0 saturated carbocycles. The average molecular weight is 322 g/mol. The molecule has 1 aromatic rings. The van der Waals surface area contributed by atoms with E-state index in [-0.39, 0.29) is 11.3 Å². The standard InChI is InChI=1S/C16H22N2O3S/c1-20-14-4-2-13(3-5-14)16-18(15(19)12-22-16)7-6-17-8-10-21-11-9-17/h2-5,16H,6-12H2,1H3/t16-/m0/s1. The molecule has 6 heteroatoms. The van der Waals surface area contributed by atoms with Crippen molar-refractivity contribution < 1.29 is 14.3 Å². The Balaban J connectivity index is 1.63. The highest BCUT2D eigenvalue weighted by molar-refractivity contribution is 8.00. The molecule has 1 amide bonds. The molecule has 2 heterocycles. The van der Waals surface area contributed by atoms with Gasteiger partial charge in [0, 0.05) is 26.2 Å². The summed E-state index contributed by atoms with van der Waals surface area (Å²) in [5.41, 5.74) is 1.17. The van der Waals surface area contributed by atoms with E-state index in [0.29, 0.717) is 5.75 Å². The Morgan fingerprint density at radius 1 is 1.23 bits per heavy atom. The van der Waals surface area contributed by atoms with Crippen molar-refractivity contribution in [1.29, 1.82) is 0 Å². The summed E-state index contributed by atoms with van der Waals surface area (Å²) in [6.45, 7) is 5.21. The van der Waals surface area contributed by atoms with Crippen LogP contribution in [0.2, 0.25) is 0 Å². The smallest absolute Gasteiger partial charge is 0.233 e. The minimum atomic E-state index is 0.124. The van der Waals surface area contributed by atoms with Gasteiger partial charge in [-0.05, 0) is 17.7 Å². The van der Waals surface area contributed by atoms with E-state index in [1.165, 1.54) is 5.56 Å². The van der Waals surface area contributed by atoms with Crippen molar-refractivity contribution in [3.05, 3.63) is 29.8 Å². The molecule has 0 N–H and O–H groups in total. The van der Waals surface area contributed by atoms with Crippen LogP contribution in [0.1, 0.15) is 10.9 Å². The van der Waals surface area contributed by atoms with E-state index in [4.69, 9.17) is 9.47 Å². The Morgan fingerprint density at radius 2 is 1.95 bits per heavy atom. The Kier molecular flexibility index (Phi) is 5.23. The summed E-state index contributed by atoms with van der Waals surface area (Å²) in [6.07, 6.45) is 0. The third kappa shape index (κ3) is 3.56. The fraction of sp³-hybridized carbons (Fsp3) is 0.562. The predicted octanol–water partition coefficient (Wildman–Crippen LogP) is 1.60. The molecule has 2 fully saturated rings. The molecule has 22 heavy (non-hydrogen) atoms. The first-order valence-corrected chi connectivity index (χ1v) is 8.68. The highest BCUT2D eigenvalue weighted by Gasteiger charge is 2.32. The average Bonchev–Trinajstić information content (AvgIpc) is 2.95. The fourth-order valence-electron chi connectivity index (χ4n) is 2.81. The molecule has 2 aliphatic heterocycles. The minimum Gasteiger partial charge on any atom is -0.497 e. The lowest BCUT2D eigenvalue weighted by atomic mass is 10.2. The lowest BCUT2D eigenvalue weighted by Gasteiger charge is -2.30. The van der Waals surface area contributed by atoms with Crippen LogP contribution in [0, 0.1) is 0 Å². The molecule has 0 bridgehead atoms. The summed E-state index contributed by atoms with van der Waals surface area (Å²) in [6, 6.07) is 8.02. The van der Waals surface area contributed by atoms with Crippen molar-refractivity contribution in [3.8, 4) is 5.75 Å². The fourth-order valence-corrected chi connectivity index (χ4v) is 4.03. The third-order valence-electron chi connectivity index (χ3n) is 4.13. The van der Waals surface area contributed by atoms with E-state index in [9.17, 15) is 4.79 Å². The van der Waals surface area contributed by atoms with Gasteiger partial charge in [-0.3, -0.25) is 9.69 Å². The Morgan fingerprint density at radius 3 is 2.64 bits per heavy atom. The first kappa shape index (κ1) is 15.6. The van der Waals surface area contributed by atoms with Gasteiger partial charge in [-0.25, -0.2) is 0 Å². The summed E-state index contributed by atoms with van der Waals surface area (Å²) in [4.78, 5) is 16.6. The van der Waals surface area contributed by atoms with E-state index < -0.39 is 0 Å². The van der Waals surface area contributed by atoms with Crippen LogP contribution in [0.3, 0.4) is 0 Å². The molecule has 5 nitrogen and oxygen atoms in total. The lowest BCUT2D eigenvalue weighted by molar-refractivity contribution is -0.128.